The summed E-state index contributed by atoms with van der Waals surface area (Å²) in [7, 11) is 0. The van der Waals surface area contributed by atoms with Crippen LogP contribution in [-0.2, 0) is 6.42 Å². The van der Waals surface area contributed by atoms with Crippen molar-refractivity contribution in [1.82, 2.24) is 5.32 Å². The number of primary amides is 1. The minimum atomic E-state index is -0.482. The molecule has 0 saturated heterocycles. The molecule has 0 heterocycles. The van der Waals surface area contributed by atoms with E-state index in [1.165, 1.54) is 11.1 Å². The van der Waals surface area contributed by atoms with Crippen LogP contribution in [0.15, 0.2) is 72.8 Å². The fourth-order valence-corrected chi connectivity index (χ4v) is 2.80. The summed E-state index contributed by atoms with van der Waals surface area (Å²) in [5.74, 6) is 0.582. The molecule has 5 nitrogen and oxygen atoms in total. The van der Waals surface area contributed by atoms with Gasteiger partial charge in [0.25, 0.3) is 5.91 Å². The van der Waals surface area contributed by atoms with Crippen LogP contribution in [0.25, 0.3) is 0 Å². The molecule has 2 amide bonds. The van der Waals surface area contributed by atoms with Crippen molar-refractivity contribution in [2.75, 3.05) is 6.54 Å². The van der Waals surface area contributed by atoms with E-state index in [2.05, 4.69) is 24.4 Å². The summed E-state index contributed by atoms with van der Waals surface area (Å²) in [5, 5.41) is 2.94. The number of rotatable bonds is 7. The molecule has 0 aliphatic rings. The molecule has 0 saturated carbocycles. The number of carbonyl (C=O) groups is 2. The van der Waals surface area contributed by atoms with Crippen molar-refractivity contribution in [3.63, 3.8) is 0 Å². The molecule has 3 N–H and O–H groups in total. The molecule has 3 aromatic rings. The van der Waals surface area contributed by atoms with Crippen LogP contribution in [0, 0.1) is 6.92 Å². The van der Waals surface area contributed by atoms with Crippen molar-refractivity contribution >= 4 is 11.8 Å². The normalized spacial score (nSPS) is 10.3. The van der Waals surface area contributed by atoms with Gasteiger partial charge in [-0.2, -0.15) is 0 Å². The second-order valence-electron chi connectivity index (χ2n) is 6.45. The average molecular weight is 374 g/mol. The van der Waals surface area contributed by atoms with Gasteiger partial charge in [-0.25, -0.2) is 0 Å². The summed E-state index contributed by atoms with van der Waals surface area (Å²) in [5.41, 5.74) is 8.67. The van der Waals surface area contributed by atoms with Crippen molar-refractivity contribution in [2.24, 2.45) is 5.73 Å². The maximum atomic E-state index is 12.3. The topological polar surface area (TPSA) is 81.4 Å². The first-order valence-corrected chi connectivity index (χ1v) is 9.03. The number of aryl methyl sites for hydroxylation is 1. The van der Waals surface area contributed by atoms with Gasteiger partial charge in [0.15, 0.2) is 0 Å². The Hall–Kier alpha value is -3.60. The first-order valence-electron chi connectivity index (χ1n) is 9.03. The Morgan fingerprint density at radius 1 is 0.857 bits per heavy atom. The van der Waals surface area contributed by atoms with Crippen LogP contribution >= 0.6 is 0 Å². The van der Waals surface area contributed by atoms with Gasteiger partial charge in [-0.1, -0.05) is 24.3 Å². The van der Waals surface area contributed by atoms with Crippen LogP contribution in [0.3, 0.4) is 0 Å². The first kappa shape index (κ1) is 19.2. The second-order valence-corrected chi connectivity index (χ2v) is 6.45. The molecule has 3 aromatic carbocycles. The zero-order chi connectivity index (χ0) is 19.9. The average Bonchev–Trinajstić information content (AvgIpc) is 2.70. The highest BCUT2D eigenvalue weighted by Crippen LogP contribution is 2.22. The van der Waals surface area contributed by atoms with Crippen molar-refractivity contribution in [1.29, 1.82) is 0 Å². The third kappa shape index (κ3) is 4.98. The molecule has 0 bridgehead atoms. The summed E-state index contributed by atoms with van der Waals surface area (Å²) in [6.45, 7) is 2.64. The van der Waals surface area contributed by atoms with E-state index in [1.54, 1.807) is 48.5 Å². The van der Waals surface area contributed by atoms with Gasteiger partial charge in [-0.15, -0.1) is 0 Å². The summed E-state index contributed by atoms with van der Waals surface area (Å²) in [6, 6.07) is 21.6. The number of hydrogen-bond donors (Lipinski definition) is 2. The van der Waals surface area contributed by atoms with E-state index in [1.807, 2.05) is 12.1 Å². The number of benzene rings is 3. The van der Waals surface area contributed by atoms with Crippen LogP contribution in [0.1, 0.15) is 31.8 Å². The summed E-state index contributed by atoms with van der Waals surface area (Å²) >= 11 is 0. The van der Waals surface area contributed by atoms with Crippen molar-refractivity contribution in [3.8, 4) is 11.5 Å². The molecule has 0 fully saturated rings. The van der Waals surface area contributed by atoms with Crippen molar-refractivity contribution in [2.45, 2.75) is 13.3 Å². The Bertz CT molecular complexity index is 964. The lowest BCUT2D eigenvalue weighted by atomic mass is 10.1. The number of carbonyl (C=O) groups excluding carboxylic acids is 2. The number of ether oxygens (including phenoxy) is 1. The number of hydrogen-bond acceptors (Lipinski definition) is 3. The predicted molar refractivity (Wildman–Crippen MR) is 109 cm³/mol. The van der Waals surface area contributed by atoms with E-state index >= 15 is 0 Å². The Morgan fingerprint density at radius 3 is 2.00 bits per heavy atom. The summed E-state index contributed by atoms with van der Waals surface area (Å²) in [6.07, 6.45) is 0.793. The number of amides is 2. The Kier molecular flexibility index (Phi) is 6.07. The van der Waals surface area contributed by atoms with E-state index in [9.17, 15) is 9.59 Å². The van der Waals surface area contributed by atoms with Crippen molar-refractivity contribution in [3.05, 3.63) is 95.1 Å². The Balaban J connectivity index is 1.53. The lowest BCUT2D eigenvalue weighted by Gasteiger charge is -2.09. The van der Waals surface area contributed by atoms with Gasteiger partial charge in [-0.3, -0.25) is 9.59 Å². The lowest BCUT2D eigenvalue weighted by molar-refractivity contribution is 0.0952. The highest BCUT2D eigenvalue weighted by atomic mass is 16.5. The quantitative estimate of drug-likeness (QED) is 0.659. The molecule has 0 unspecified atom stereocenters. The lowest BCUT2D eigenvalue weighted by Crippen LogP contribution is -2.25. The van der Waals surface area contributed by atoms with Gasteiger partial charge in [0.05, 0.1) is 0 Å². The molecule has 0 atom stereocenters. The molecular formula is C23H22N2O3. The Morgan fingerprint density at radius 2 is 1.43 bits per heavy atom. The van der Waals surface area contributed by atoms with Crippen molar-refractivity contribution < 1.29 is 14.3 Å². The maximum absolute atomic E-state index is 12.3. The number of nitrogens with two attached hydrogens (primary N) is 1. The van der Waals surface area contributed by atoms with E-state index < -0.39 is 5.91 Å². The van der Waals surface area contributed by atoms with Crippen LogP contribution in [-0.4, -0.2) is 18.4 Å². The van der Waals surface area contributed by atoms with E-state index in [0.717, 1.165) is 6.42 Å². The Labute approximate surface area is 164 Å². The van der Waals surface area contributed by atoms with Gasteiger partial charge in [0.2, 0.25) is 5.91 Å². The third-order valence-electron chi connectivity index (χ3n) is 4.43. The molecule has 3 rings (SSSR count). The molecule has 0 radical (unpaired) electrons. The van der Waals surface area contributed by atoms with E-state index in [0.29, 0.717) is 29.2 Å². The minimum absolute atomic E-state index is 0.119. The SMILES string of the molecule is Cc1ccccc1CCNC(=O)c1ccc(Oc2ccc(C(N)=O)cc2)cc1. The maximum Gasteiger partial charge on any atom is 0.251 e. The van der Waals surface area contributed by atoms with Crippen LogP contribution < -0.4 is 15.8 Å². The van der Waals surface area contributed by atoms with Crippen LogP contribution in [0.5, 0.6) is 11.5 Å². The largest absolute Gasteiger partial charge is 0.457 e. The summed E-state index contributed by atoms with van der Waals surface area (Å²) < 4.78 is 5.72. The van der Waals surface area contributed by atoms with Crippen LogP contribution in [0.2, 0.25) is 0 Å². The van der Waals surface area contributed by atoms with Gasteiger partial charge in [0, 0.05) is 17.7 Å². The summed E-state index contributed by atoms with van der Waals surface area (Å²) in [4.78, 5) is 23.4. The van der Waals surface area contributed by atoms with Gasteiger partial charge >= 0.3 is 0 Å². The molecule has 0 aromatic heterocycles. The zero-order valence-electron chi connectivity index (χ0n) is 15.6. The second kappa shape index (κ2) is 8.86. The molecule has 0 aliphatic heterocycles. The fraction of sp³-hybridized carbons (Fsp3) is 0.130. The monoisotopic (exact) mass is 374 g/mol. The third-order valence-corrected chi connectivity index (χ3v) is 4.43. The van der Waals surface area contributed by atoms with Gasteiger partial charge in [-0.05, 0) is 73.0 Å². The predicted octanol–water partition coefficient (Wildman–Crippen LogP) is 3.86. The molecule has 5 heteroatoms. The molecule has 0 aliphatic carbocycles. The van der Waals surface area contributed by atoms with Gasteiger partial charge < -0.3 is 15.8 Å². The standard InChI is InChI=1S/C23H22N2O3/c1-16-4-2-3-5-17(16)14-15-25-23(27)19-8-12-21(13-9-19)28-20-10-6-18(7-11-20)22(24)26/h2-13H,14-15H2,1H3,(H2,24,26)(H,25,27). The fourth-order valence-electron chi connectivity index (χ4n) is 2.80. The first-order chi connectivity index (χ1) is 13.5. The minimum Gasteiger partial charge on any atom is -0.457 e. The van der Waals surface area contributed by atoms with Gasteiger partial charge in [0.1, 0.15) is 11.5 Å². The molecule has 142 valence electrons. The highest BCUT2D eigenvalue weighted by molar-refractivity contribution is 5.94. The molecule has 28 heavy (non-hydrogen) atoms. The highest BCUT2D eigenvalue weighted by Gasteiger charge is 2.07. The van der Waals surface area contributed by atoms with Crippen LogP contribution in [0.4, 0.5) is 0 Å². The molecule has 0 spiro atoms. The number of nitrogens with one attached hydrogen (secondary N) is 1. The zero-order valence-corrected chi connectivity index (χ0v) is 15.6. The molecular weight excluding hydrogens is 352 g/mol. The van der Waals surface area contributed by atoms with E-state index in [-0.39, 0.29) is 5.91 Å². The van der Waals surface area contributed by atoms with E-state index in [4.69, 9.17) is 10.5 Å². The smallest absolute Gasteiger partial charge is 0.251 e.